The first-order chi connectivity index (χ1) is 15.2. The molecule has 0 saturated carbocycles. The summed E-state index contributed by atoms with van der Waals surface area (Å²) in [6.45, 7) is 3.11. The Morgan fingerprint density at radius 1 is 0.871 bits per heavy atom. The Kier molecular flexibility index (Phi) is 7.93. The zero-order valence-corrected chi connectivity index (χ0v) is 18.3. The average Bonchev–Trinajstić information content (AvgIpc) is 2.83. The second-order valence-electron chi connectivity index (χ2n) is 7.13. The van der Waals surface area contributed by atoms with Gasteiger partial charge in [-0.15, -0.1) is 0 Å². The molecule has 5 heteroatoms. The van der Waals surface area contributed by atoms with Crippen molar-refractivity contribution in [1.82, 2.24) is 0 Å². The molecular formula is C26H29NO4. The largest absolute Gasteiger partial charge is 0.493 e. The third-order valence-electron chi connectivity index (χ3n) is 4.98. The van der Waals surface area contributed by atoms with Crippen LogP contribution in [0.25, 0.3) is 0 Å². The number of ether oxygens (including phenoxy) is 3. The van der Waals surface area contributed by atoms with Gasteiger partial charge in [-0.1, -0.05) is 61.9 Å². The Hall–Kier alpha value is -3.47. The summed E-state index contributed by atoms with van der Waals surface area (Å²) in [5, 5.41) is 0. The SMILES string of the molecule is CCCCN(C(=O)c1cc(OC)c(OCc2ccccc2)c(OC)c1)c1ccccc1. The minimum Gasteiger partial charge on any atom is -0.493 e. The molecule has 0 bridgehead atoms. The molecule has 0 aromatic heterocycles. The number of para-hydroxylation sites is 1. The summed E-state index contributed by atoms with van der Waals surface area (Å²) in [7, 11) is 3.12. The Bertz CT molecular complexity index is 948. The van der Waals surface area contributed by atoms with Crippen LogP contribution in [-0.4, -0.2) is 26.7 Å². The van der Waals surface area contributed by atoms with Crippen LogP contribution in [0.2, 0.25) is 0 Å². The quantitative estimate of drug-likeness (QED) is 0.421. The zero-order valence-electron chi connectivity index (χ0n) is 18.3. The standard InChI is InChI=1S/C26H29NO4/c1-4-5-16-27(22-14-10-7-11-15-22)26(28)21-17-23(29-2)25(24(18-21)30-3)31-19-20-12-8-6-9-13-20/h6-15,17-18H,4-5,16,19H2,1-3H3. The van der Waals surface area contributed by atoms with Gasteiger partial charge < -0.3 is 19.1 Å². The number of carbonyl (C=O) groups is 1. The fourth-order valence-electron chi connectivity index (χ4n) is 3.30. The Morgan fingerprint density at radius 2 is 1.45 bits per heavy atom. The summed E-state index contributed by atoms with van der Waals surface area (Å²) < 4.78 is 17.1. The van der Waals surface area contributed by atoms with E-state index in [-0.39, 0.29) is 5.91 Å². The molecule has 0 aliphatic carbocycles. The van der Waals surface area contributed by atoms with E-state index in [0.717, 1.165) is 24.1 Å². The highest BCUT2D eigenvalue weighted by molar-refractivity contribution is 6.06. The number of benzene rings is 3. The lowest BCUT2D eigenvalue weighted by atomic mass is 10.1. The maximum absolute atomic E-state index is 13.5. The molecule has 3 aromatic carbocycles. The van der Waals surface area contributed by atoms with Crippen molar-refractivity contribution in [2.75, 3.05) is 25.7 Å². The molecule has 31 heavy (non-hydrogen) atoms. The van der Waals surface area contributed by atoms with Crippen molar-refractivity contribution in [2.45, 2.75) is 26.4 Å². The van der Waals surface area contributed by atoms with Gasteiger partial charge in [0.1, 0.15) is 6.61 Å². The van der Waals surface area contributed by atoms with Crippen LogP contribution in [0.5, 0.6) is 17.2 Å². The molecule has 0 unspecified atom stereocenters. The zero-order chi connectivity index (χ0) is 22.1. The number of unbranched alkanes of at least 4 members (excludes halogenated alkanes) is 1. The number of carbonyl (C=O) groups excluding carboxylic acids is 1. The molecule has 0 spiro atoms. The van der Waals surface area contributed by atoms with E-state index in [1.165, 1.54) is 0 Å². The molecule has 5 nitrogen and oxygen atoms in total. The Balaban J connectivity index is 1.92. The van der Waals surface area contributed by atoms with E-state index in [4.69, 9.17) is 14.2 Å². The third kappa shape index (κ3) is 5.57. The van der Waals surface area contributed by atoms with E-state index in [1.54, 1.807) is 31.3 Å². The molecule has 0 aliphatic rings. The van der Waals surface area contributed by atoms with Gasteiger partial charge in [-0.3, -0.25) is 4.79 Å². The summed E-state index contributed by atoms with van der Waals surface area (Å²) >= 11 is 0. The first-order valence-electron chi connectivity index (χ1n) is 10.5. The summed E-state index contributed by atoms with van der Waals surface area (Å²) in [5.41, 5.74) is 2.38. The van der Waals surface area contributed by atoms with Crippen LogP contribution >= 0.6 is 0 Å². The summed E-state index contributed by atoms with van der Waals surface area (Å²) in [5.74, 6) is 1.29. The van der Waals surface area contributed by atoms with Crippen molar-refractivity contribution < 1.29 is 19.0 Å². The molecule has 0 fully saturated rings. The van der Waals surface area contributed by atoms with Crippen LogP contribution in [0.1, 0.15) is 35.7 Å². The van der Waals surface area contributed by atoms with Gasteiger partial charge >= 0.3 is 0 Å². The maximum Gasteiger partial charge on any atom is 0.258 e. The maximum atomic E-state index is 13.5. The van der Waals surface area contributed by atoms with Crippen molar-refractivity contribution in [2.24, 2.45) is 0 Å². The summed E-state index contributed by atoms with van der Waals surface area (Å²) in [6.07, 6.45) is 1.91. The third-order valence-corrected chi connectivity index (χ3v) is 4.98. The van der Waals surface area contributed by atoms with Crippen LogP contribution in [-0.2, 0) is 6.61 Å². The molecule has 0 saturated heterocycles. The number of rotatable bonds is 10. The van der Waals surface area contributed by atoms with E-state index in [2.05, 4.69) is 6.92 Å². The molecule has 0 heterocycles. The van der Waals surface area contributed by atoms with Gasteiger partial charge in [-0.25, -0.2) is 0 Å². The highest BCUT2D eigenvalue weighted by Gasteiger charge is 2.22. The lowest BCUT2D eigenvalue weighted by molar-refractivity contribution is 0.0985. The smallest absolute Gasteiger partial charge is 0.258 e. The number of hydrogen-bond donors (Lipinski definition) is 0. The molecule has 3 aromatic rings. The number of hydrogen-bond acceptors (Lipinski definition) is 4. The van der Waals surface area contributed by atoms with Crippen LogP contribution in [0.15, 0.2) is 72.8 Å². The molecule has 0 radical (unpaired) electrons. The fourth-order valence-corrected chi connectivity index (χ4v) is 3.30. The molecule has 1 amide bonds. The number of amides is 1. The number of anilines is 1. The summed E-state index contributed by atoms with van der Waals surface area (Å²) in [4.78, 5) is 15.2. The minimum atomic E-state index is -0.106. The van der Waals surface area contributed by atoms with E-state index in [9.17, 15) is 4.79 Å². The summed E-state index contributed by atoms with van der Waals surface area (Å²) in [6, 6.07) is 23.0. The predicted molar refractivity (Wildman–Crippen MR) is 123 cm³/mol. The van der Waals surface area contributed by atoms with Crippen LogP contribution in [0.3, 0.4) is 0 Å². The van der Waals surface area contributed by atoms with Crippen molar-refractivity contribution in [3.05, 3.63) is 83.9 Å². The fraction of sp³-hybridized carbons (Fsp3) is 0.269. The lowest BCUT2D eigenvalue weighted by Crippen LogP contribution is -2.32. The Labute approximate surface area is 184 Å². The van der Waals surface area contributed by atoms with E-state index in [1.807, 2.05) is 60.7 Å². The average molecular weight is 420 g/mol. The molecule has 0 aliphatic heterocycles. The number of nitrogens with zero attached hydrogens (tertiary/aromatic N) is 1. The van der Waals surface area contributed by atoms with Gasteiger partial charge in [0.25, 0.3) is 5.91 Å². The van der Waals surface area contributed by atoms with E-state index < -0.39 is 0 Å². The van der Waals surface area contributed by atoms with Gasteiger partial charge in [0, 0.05) is 17.8 Å². The van der Waals surface area contributed by atoms with Gasteiger partial charge in [0.05, 0.1) is 14.2 Å². The second kappa shape index (κ2) is 11.1. The van der Waals surface area contributed by atoms with Gasteiger partial charge in [-0.2, -0.15) is 0 Å². The Morgan fingerprint density at radius 3 is 2.00 bits per heavy atom. The lowest BCUT2D eigenvalue weighted by Gasteiger charge is -2.24. The van der Waals surface area contributed by atoms with Gasteiger partial charge in [-0.05, 0) is 36.2 Å². The van der Waals surface area contributed by atoms with Crippen molar-refractivity contribution in [1.29, 1.82) is 0 Å². The molecule has 162 valence electrons. The highest BCUT2D eigenvalue weighted by atomic mass is 16.5. The first-order valence-corrected chi connectivity index (χ1v) is 10.5. The van der Waals surface area contributed by atoms with E-state index >= 15 is 0 Å². The van der Waals surface area contributed by atoms with Crippen molar-refractivity contribution in [3.63, 3.8) is 0 Å². The molecule has 3 rings (SSSR count). The van der Waals surface area contributed by atoms with Crippen LogP contribution in [0.4, 0.5) is 5.69 Å². The van der Waals surface area contributed by atoms with E-state index in [0.29, 0.717) is 36.0 Å². The minimum absolute atomic E-state index is 0.106. The molecule has 0 N–H and O–H groups in total. The van der Waals surface area contributed by atoms with Crippen LogP contribution in [0, 0.1) is 0 Å². The van der Waals surface area contributed by atoms with Gasteiger partial charge in [0.2, 0.25) is 5.75 Å². The highest BCUT2D eigenvalue weighted by Crippen LogP contribution is 2.39. The predicted octanol–water partition coefficient (Wildman–Crippen LogP) is 5.73. The topological polar surface area (TPSA) is 48.0 Å². The van der Waals surface area contributed by atoms with Crippen molar-refractivity contribution >= 4 is 11.6 Å². The van der Waals surface area contributed by atoms with Gasteiger partial charge in [0.15, 0.2) is 11.5 Å². The molecular weight excluding hydrogens is 390 g/mol. The second-order valence-corrected chi connectivity index (χ2v) is 7.13. The monoisotopic (exact) mass is 419 g/mol. The molecule has 0 atom stereocenters. The number of methoxy groups -OCH3 is 2. The normalized spacial score (nSPS) is 10.4. The first kappa shape index (κ1) is 22.2. The van der Waals surface area contributed by atoms with Crippen molar-refractivity contribution in [3.8, 4) is 17.2 Å². The van der Waals surface area contributed by atoms with Crippen LogP contribution < -0.4 is 19.1 Å².